The fourth-order valence-corrected chi connectivity index (χ4v) is 6.58. The first-order valence-corrected chi connectivity index (χ1v) is 15.7. The lowest BCUT2D eigenvalue weighted by Crippen LogP contribution is -2.39. The number of aromatic nitrogens is 1. The summed E-state index contributed by atoms with van der Waals surface area (Å²) in [5.74, 6) is 2.11. The molecule has 1 aliphatic heterocycles. The largest absolute Gasteiger partial charge is 0.493 e. The number of nitrogens with zero attached hydrogens (tertiary/aromatic N) is 3. The van der Waals surface area contributed by atoms with Crippen LogP contribution in [-0.2, 0) is 25.9 Å². The van der Waals surface area contributed by atoms with Gasteiger partial charge < -0.3 is 14.4 Å². The van der Waals surface area contributed by atoms with Gasteiger partial charge in [-0.3, -0.25) is 9.69 Å². The van der Waals surface area contributed by atoms with Crippen molar-refractivity contribution in [2.45, 2.75) is 38.8 Å². The first-order chi connectivity index (χ1) is 20.5. The highest BCUT2D eigenvalue weighted by Gasteiger charge is 2.25. The van der Waals surface area contributed by atoms with Gasteiger partial charge in [0.2, 0.25) is 0 Å². The SMILES string of the molecule is COc1ccc(CCN(Cc2cccc(Cl)c2)Cc2nc(C(=O)N3CCC(Cc4ccccc4)CC3)cs2)cc1OC. The summed E-state index contributed by atoms with van der Waals surface area (Å²) in [4.78, 5) is 22.5. The van der Waals surface area contributed by atoms with Crippen LogP contribution in [0.5, 0.6) is 11.5 Å². The minimum Gasteiger partial charge on any atom is -0.493 e. The van der Waals surface area contributed by atoms with Crippen molar-refractivity contribution in [3.63, 3.8) is 0 Å². The zero-order chi connectivity index (χ0) is 29.3. The van der Waals surface area contributed by atoms with Crippen molar-refractivity contribution < 1.29 is 14.3 Å². The van der Waals surface area contributed by atoms with Crippen LogP contribution >= 0.6 is 22.9 Å². The van der Waals surface area contributed by atoms with E-state index in [9.17, 15) is 4.79 Å². The van der Waals surface area contributed by atoms with Gasteiger partial charge in [-0.15, -0.1) is 11.3 Å². The number of benzene rings is 3. The van der Waals surface area contributed by atoms with E-state index in [2.05, 4.69) is 47.4 Å². The molecule has 3 aromatic carbocycles. The van der Waals surface area contributed by atoms with Crippen LogP contribution in [0.4, 0.5) is 0 Å². The minimum atomic E-state index is 0.0439. The van der Waals surface area contributed by atoms with E-state index in [4.69, 9.17) is 26.1 Å². The zero-order valence-electron chi connectivity index (χ0n) is 24.3. The first kappa shape index (κ1) is 30.1. The van der Waals surface area contributed by atoms with Gasteiger partial charge in [0.1, 0.15) is 10.7 Å². The lowest BCUT2D eigenvalue weighted by Gasteiger charge is -2.31. The topological polar surface area (TPSA) is 54.9 Å². The van der Waals surface area contributed by atoms with Gasteiger partial charge in [-0.2, -0.15) is 0 Å². The maximum absolute atomic E-state index is 13.3. The van der Waals surface area contributed by atoms with Gasteiger partial charge >= 0.3 is 0 Å². The van der Waals surface area contributed by atoms with E-state index in [-0.39, 0.29) is 5.91 Å². The van der Waals surface area contributed by atoms with E-state index in [1.165, 1.54) is 5.56 Å². The third kappa shape index (κ3) is 8.12. The fraction of sp³-hybridized carbons (Fsp3) is 0.353. The highest BCUT2D eigenvalue weighted by molar-refractivity contribution is 7.09. The number of amides is 1. The van der Waals surface area contributed by atoms with Crippen LogP contribution < -0.4 is 9.47 Å². The predicted octanol–water partition coefficient (Wildman–Crippen LogP) is 7.15. The highest BCUT2D eigenvalue weighted by atomic mass is 35.5. The van der Waals surface area contributed by atoms with Crippen LogP contribution in [0.25, 0.3) is 0 Å². The van der Waals surface area contributed by atoms with Crippen LogP contribution in [0.1, 0.15) is 45.0 Å². The third-order valence-corrected chi connectivity index (χ3v) is 8.93. The Morgan fingerprint density at radius 2 is 1.69 bits per heavy atom. The van der Waals surface area contributed by atoms with Crippen LogP contribution in [0.15, 0.2) is 78.2 Å². The highest BCUT2D eigenvalue weighted by Crippen LogP contribution is 2.28. The van der Waals surface area contributed by atoms with Crippen LogP contribution in [-0.4, -0.2) is 54.5 Å². The van der Waals surface area contributed by atoms with Crippen molar-refractivity contribution in [3.05, 3.63) is 111 Å². The Kier molecular flexibility index (Phi) is 10.5. The first-order valence-electron chi connectivity index (χ1n) is 14.5. The van der Waals surface area contributed by atoms with Crippen LogP contribution in [0.3, 0.4) is 0 Å². The molecule has 0 spiro atoms. The van der Waals surface area contributed by atoms with Crippen molar-refractivity contribution in [3.8, 4) is 11.5 Å². The molecule has 4 aromatic rings. The molecule has 1 fully saturated rings. The summed E-state index contributed by atoms with van der Waals surface area (Å²) < 4.78 is 10.9. The standard InChI is InChI=1S/C34H38ClN3O3S/c1-40-31-12-11-26(21-32(31)41-2)13-16-37(22-28-9-6-10-29(35)20-28)23-33-36-30(24-42-33)34(39)38-17-14-27(15-18-38)19-25-7-4-3-5-8-25/h3-12,20-21,24,27H,13-19,22-23H2,1-2H3. The van der Waals surface area contributed by atoms with Gasteiger partial charge in [0.25, 0.3) is 5.91 Å². The van der Waals surface area contributed by atoms with E-state index < -0.39 is 0 Å². The molecule has 220 valence electrons. The molecule has 0 bridgehead atoms. The lowest BCUT2D eigenvalue weighted by atomic mass is 9.90. The van der Waals surface area contributed by atoms with Crippen LogP contribution in [0, 0.1) is 5.92 Å². The second kappa shape index (κ2) is 14.7. The van der Waals surface area contributed by atoms with Gasteiger partial charge in [0.05, 0.1) is 20.8 Å². The third-order valence-electron chi connectivity index (χ3n) is 7.86. The molecule has 0 unspecified atom stereocenters. The summed E-state index contributed by atoms with van der Waals surface area (Å²) in [7, 11) is 3.30. The number of carbonyl (C=O) groups is 1. The van der Waals surface area contributed by atoms with Crippen LogP contribution in [0.2, 0.25) is 5.02 Å². The Hall–Kier alpha value is -3.39. The van der Waals surface area contributed by atoms with Gasteiger partial charge in [-0.1, -0.05) is 60.1 Å². The van der Waals surface area contributed by atoms with E-state index in [0.29, 0.717) is 18.2 Å². The quantitative estimate of drug-likeness (QED) is 0.172. The molecule has 2 heterocycles. The summed E-state index contributed by atoms with van der Waals surface area (Å²) >= 11 is 7.84. The number of carbonyl (C=O) groups excluding carboxylic acids is 1. The van der Waals surface area contributed by atoms with Crippen molar-refractivity contribution in [2.24, 2.45) is 5.92 Å². The number of halogens is 1. The number of ether oxygens (including phenoxy) is 2. The van der Waals surface area contributed by atoms with Crippen molar-refractivity contribution >= 4 is 28.8 Å². The molecule has 1 aliphatic rings. The Labute approximate surface area is 257 Å². The molecule has 0 radical (unpaired) electrons. The average molecular weight is 604 g/mol. The number of rotatable bonds is 12. The Morgan fingerprint density at radius 1 is 0.929 bits per heavy atom. The van der Waals surface area contributed by atoms with Gasteiger partial charge in [0.15, 0.2) is 11.5 Å². The molecule has 6 nitrogen and oxygen atoms in total. The zero-order valence-corrected chi connectivity index (χ0v) is 25.9. The molecule has 0 aliphatic carbocycles. The van der Waals surface area contributed by atoms with Crippen molar-refractivity contribution in [1.82, 2.24) is 14.8 Å². The molecular weight excluding hydrogens is 566 g/mol. The van der Waals surface area contributed by atoms with E-state index in [1.807, 2.05) is 40.6 Å². The molecule has 1 saturated heterocycles. The van der Waals surface area contributed by atoms with Gasteiger partial charge in [-0.05, 0) is 72.6 Å². The number of hydrogen-bond donors (Lipinski definition) is 0. The summed E-state index contributed by atoms with van der Waals surface area (Å²) in [5, 5.41) is 3.58. The Balaban J connectivity index is 1.21. The van der Waals surface area contributed by atoms with Crippen molar-refractivity contribution in [2.75, 3.05) is 33.9 Å². The molecule has 0 N–H and O–H groups in total. The number of thiazole rings is 1. The summed E-state index contributed by atoms with van der Waals surface area (Å²) in [5.41, 5.74) is 4.23. The number of methoxy groups -OCH3 is 2. The summed E-state index contributed by atoms with van der Waals surface area (Å²) in [6.07, 6.45) is 3.97. The molecule has 8 heteroatoms. The molecule has 1 amide bonds. The van der Waals surface area contributed by atoms with E-state index in [0.717, 1.165) is 84.5 Å². The van der Waals surface area contributed by atoms with E-state index in [1.54, 1.807) is 25.6 Å². The second-order valence-corrected chi connectivity index (χ2v) is 12.2. The lowest BCUT2D eigenvalue weighted by molar-refractivity contribution is 0.0685. The number of piperidine rings is 1. The molecular formula is C34H38ClN3O3S. The Morgan fingerprint density at radius 3 is 2.43 bits per heavy atom. The monoisotopic (exact) mass is 603 g/mol. The van der Waals surface area contributed by atoms with Gasteiger partial charge in [0, 0.05) is 36.6 Å². The molecule has 42 heavy (non-hydrogen) atoms. The number of hydrogen-bond acceptors (Lipinski definition) is 6. The molecule has 0 saturated carbocycles. The second-order valence-electron chi connectivity index (χ2n) is 10.8. The summed E-state index contributed by atoms with van der Waals surface area (Å²) in [6.45, 7) is 3.76. The maximum Gasteiger partial charge on any atom is 0.273 e. The minimum absolute atomic E-state index is 0.0439. The maximum atomic E-state index is 13.3. The Bertz CT molecular complexity index is 1450. The molecule has 5 rings (SSSR count). The fourth-order valence-electron chi connectivity index (χ4n) is 5.55. The number of likely N-dealkylation sites (tertiary alicyclic amines) is 1. The average Bonchev–Trinajstić information content (AvgIpc) is 3.48. The summed E-state index contributed by atoms with van der Waals surface area (Å²) in [6, 6.07) is 24.6. The van der Waals surface area contributed by atoms with Gasteiger partial charge in [-0.25, -0.2) is 4.98 Å². The van der Waals surface area contributed by atoms with E-state index >= 15 is 0 Å². The molecule has 0 atom stereocenters. The smallest absolute Gasteiger partial charge is 0.273 e. The van der Waals surface area contributed by atoms with Crippen molar-refractivity contribution in [1.29, 1.82) is 0 Å². The molecule has 1 aromatic heterocycles. The normalized spacial score (nSPS) is 13.9. The predicted molar refractivity (Wildman–Crippen MR) is 170 cm³/mol.